The summed E-state index contributed by atoms with van der Waals surface area (Å²) >= 11 is 0. The first-order valence-corrected chi connectivity index (χ1v) is 7.81. The lowest BCUT2D eigenvalue weighted by Gasteiger charge is -2.24. The molecule has 2 N–H and O–H groups in total. The van der Waals surface area contributed by atoms with Gasteiger partial charge in [0.05, 0.1) is 18.7 Å². The summed E-state index contributed by atoms with van der Waals surface area (Å²) in [5.74, 6) is 0.225. The van der Waals surface area contributed by atoms with Crippen molar-refractivity contribution in [3.8, 4) is 0 Å². The van der Waals surface area contributed by atoms with E-state index < -0.39 is 11.7 Å². The third kappa shape index (κ3) is 7.91. The predicted octanol–water partition coefficient (Wildman–Crippen LogP) is 2.63. The zero-order valence-electron chi connectivity index (χ0n) is 15.2. The third-order valence-corrected chi connectivity index (χ3v) is 3.07. The summed E-state index contributed by atoms with van der Waals surface area (Å²) in [6.07, 6.45) is -4.39. The highest BCUT2D eigenvalue weighted by atomic mass is 19.4. The molecule has 0 fully saturated rings. The number of likely N-dealkylation sites (N-methyl/N-ethyl adjacent to an activating group) is 1. The average molecular weight is 358 g/mol. The van der Waals surface area contributed by atoms with E-state index in [1.165, 1.54) is 11.0 Å². The third-order valence-electron chi connectivity index (χ3n) is 3.07. The number of alkyl halides is 3. The molecule has 0 aliphatic carbocycles. The Morgan fingerprint density at radius 1 is 1.20 bits per heavy atom. The van der Waals surface area contributed by atoms with Gasteiger partial charge in [0.2, 0.25) is 5.91 Å². The molecule has 0 aliphatic heterocycles. The minimum Gasteiger partial charge on any atom is -0.352 e. The molecular formula is C17H25F3N4O. The van der Waals surface area contributed by atoms with Crippen molar-refractivity contribution in [2.45, 2.75) is 39.0 Å². The fourth-order valence-corrected chi connectivity index (χ4v) is 1.83. The van der Waals surface area contributed by atoms with Gasteiger partial charge in [-0.05, 0) is 38.5 Å². The second kappa shape index (κ2) is 8.22. The predicted molar refractivity (Wildman–Crippen MR) is 92.2 cm³/mol. The van der Waals surface area contributed by atoms with Gasteiger partial charge in [-0.2, -0.15) is 13.2 Å². The van der Waals surface area contributed by atoms with Crippen molar-refractivity contribution in [1.82, 2.24) is 15.5 Å². The number of carbonyl (C=O) groups excluding carboxylic acids is 1. The van der Waals surface area contributed by atoms with Crippen molar-refractivity contribution in [2.24, 2.45) is 4.99 Å². The van der Waals surface area contributed by atoms with Gasteiger partial charge < -0.3 is 15.5 Å². The molecule has 0 aromatic heterocycles. The molecule has 0 spiro atoms. The van der Waals surface area contributed by atoms with Crippen LogP contribution in [0.2, 0.25) is 0 Å². The van der Waals surface area contributed by atoms with Gasteiger partial charge in [-0.25, -0.2) is 4.99 Å². The molecule has 0 radical (unpaired) electrons. The quantitative estimate of drug-likeness (QED) is 0.643. The SMILES string of the molecule is CN(C)C(=O)CNC(=NCc1cccc(C(F)(F)F)c1)NC(C)(C)C. The van der Waals surface area contributed by atoms with Crippen molar-refractivity contribution < 1.29 is 18.0 Å². The standard InChI is InChI=1S/C17H25F3N4O/c1-16(2,3)23-15(22-11-14(25)24(4)5)21-10-12-7-6-8-13(9-12)17(18,19)20/h6-9H,10-11H2,1-5H3,(H2,21,22,23). The molecule has 0 heterocycles. The van der Waals surface area contributed by atoms with Gasteiger partial charge in [0, 0.05) is 19.6 Å². The zero-order valence-corrected chi connectivity index (χ0v) is 15.2. The molecule has 0 saturated carbocycles. The number of hydrogen-bond donors (Lipinski definition) is 2. The van der Waals surface area contributed by atoms with Crippen molar-refractivity contribution in [3.63, 3.8) is 0 Å². The Hall–Kier alpha value is -2.25. The van der Waals surface area contributed by atoms with Crippen molar-refractivity contribution in [2.75, 3.05) is 20.6 Å². The fraction of sp³-hybridized carbons (Fsp3) is 0.529. The second-order valence-electron chi connectivity index (χ2n) is 6.88. The number of benzene rings is 1. The molecule has 25 heavy (non-hydrogen) atoms. The van der Waals surface area contributed by atoms with Crippen molar-refractivity contribution in [3.05, 3.63) is 35.4 Å². The zero-order chi connectivity index (χ0) is 19.3. The van der Waals surface area contributed by atoms with Crippen LogP contribution in [0.15, 0.2) is 29.3 Å². The molecule has 8 heteroatoms. The Bertz CT molecular complexity index is 619. The molecule has 1 aromatic rings. The van der Waals surface area contributed by atoms with Crippen LogP contribution in [0.3, 0.4) is 0 Å². The number of nitrogens with one attached hydrogen (secondary N) is 2. The van der Waals surface area contributed by atoms with Gasteiger partial charge in [-0.3, -0.25) is 4.79 Å². The minimum absolute atomic E-state index is 0.0392. The number of guanidine groups is 1. The molecule has 1 rings (SSSR count). The van der Waals surface area contributed by atoms with E-state index >= 15 is 0 Å². The Labute approximate surface area is 146 Å². The van der Waals surface area contributed by atoms with Gasteiger partial charge in [-0.1, -0.05) is 12.1 Å². The first-order chi connectivity index (χ1) is 11.4. The summed E-state index contributed by atoms with van der Waals surface area (Å²) in [7, 11) is 3.28. The van der Waals surface area contributed by atoms with E-state index in [1.54, 1.807) is 20.2 Å². The van der Waals surface area contributed by atoms with Crippen molar-refractivity contribution in [1.29, 1.82) is 0 Å². The van der Waals surface area contributed by atoms with Crippen LogP contribution in [0, 0.1) is 0 Å². The summed E-state index contributed by atoms with van der Waals surface area (Å²) in [6.45, 7) is 5.86. The van der Waals surface area contributed by atoms with E-state index in [4.69, 9.17) is 0 Å². The van der Waals surface area contributed by atoms with Crippen LogP contribution >= 0.6 is 0 Å². The molecule has 1 amide bonds. The first-order valence-electron chi connectivity index (χ1n) is 7.81. The summed E-state index contributed by atoms with van der Waals surface area (Å²) in [5, 5.41) is 6.01. The van der Waals surface area contributed by atoms with E-state index in [2.05, 4.69) is 15.6 Å². The maximum absolute atomic E-state index is 12.8. The van der Waals surface area contributed by atoms with Gasteiger partial charge in [0.25, 0.3) is 0 Å². The molecule has 1 aromatic carbocycles. The Balaban J connectivity index is 2.89. The maximum Gasteiger partial charge on any atom is 0.416 e. The van der Waals surface area contributed by atoms with Crippen LogP contribution in [0.1, 0.15) is 31.9 Å². The summed E-state index contributed by atoms with van der Waals surface area (Å²) in [6, 6.07) is 5.03. The van der Waals surface area contributed by atoms with Crippen LogP contribution in [0.5, 0.6) is 0 Å². The van der Waals surface area contributed by atoms with Crippen molar-refractivity contribution >= 4 is 11.9 Å². The normalized spacial score (nSPS) is 12.7. The van der Waals surface area contributed by atoms with Gasteiger partial charge in [0.1, 0.15) is 0 Å². The summed E-state index contributed by atoms with van der Waals surface area (Å²) in [4.78, 5) is 17.4. The topological polar surface area (TPSA) is 56.7 Å². The second-order valence-corrected chi connectivity index (χ2v) is 6.88. The molecule has 0 atom stereocenters. The highest BCUT2D eigenvalue weighted by Crippen LogP contribution is 2.29. The highest BCUT2D eigenvalue weighted by Gasteiger charge is 2.30. The number of nitrogens with zero attached hydrogens (tertiary/aromatic N) is 2. The monoisotopic (exact) mass is 358 g/mol. The molecule has 5 nitrogen and oxygen atoms in total. The lowest BCUT2D eigenvalue weighted by atomic mass is 10.1. The smallest absolute Gasteiger partial charge is 0.352 e. The molecule has 0 unspecified atom stereocenters. The van der Waals surface area contributed by atoms with E-state index in [0.717, 1.165) is 12.1 Å². The van der Waals surface area contributed by atoms with Gasteiger partial charge >= 0.3 is 6.18 Å². The van der Waals surface area contributed by atoms with Crippen LogP contribution in [0.25, 0.3) is 0 Å². The summed E-state index contributed by atoms with van der Waals surface area (Å²) < 4.78 is 38.3. The number of rotatable bonds is 4. The molecule has 0 saturated heterocycles. The lowest BCUT2D eigenvalue weighted by molar-refractivity contribution is -0.137. The van der Waals surface area contributed by atoms with Gasteiger partial charge in [0.15, 0.2) is 5.96 Å². The number of hydrogen-bond acceptors (Lipinski definition) is 2. The highest BCUT2D eigenvalue weighted by molar-refractivity contribution is 5.86. The first kappa shape index (κ1) is 20.8. The fourth-order valence-electron chi connectivity index (χ4n) is 1.83. The maximum atomic E-state index is 12.8. The molecule has 0 bridgehead atoms. The Kier molecular flexibility index (Phi) is 6.84. The van der Waals surface area contributed by atoms with Crippen LogP contribution in [-0.2, 0) is 17.5 Å². The molecular weight excluding hydrogens is 333 g/mol. The number of aliphatic imine (C=N–C) groups is 1. The largest absolute Gasteiger partial charge is 0.416 e. The van der Waals surface area contributed by atoms with Crippen LogP contribution in [0.4, 0.5) is 13.2 Å². The van der Waals surface area contributed by atoms with Crippen LogP contribution in [-0.4, -0.2) is 42.9 Å². The number of halogens is 3. The number of amides is 1. The van der Waals surface area contributed by atoms with E-state index in [1.807, 2.05) is 20.8 Å². The minimum atomic E-state index is -4.39. The van der Waals surface area contributed by atoms with E-state index in [9.17, 15) is 18.0 Å². The van der Waals surface area contributed by atoms with Crippen LogP contribution < -0.4 is 10.6 Å². The Morgan fingerprint density at radius 3 is 2.36 bits per heavy atom. The van der Waals surface area contributed by atoms with Gasteiger partial charge in [-0.15, -0.1) is 0 Å². The molecule has 140 valence electrons. The van der Waals surface area contributed by atoms with E-state index in [0.29, 0.717) is 11.5 Å². The average Bonchev–Trinajstić information content (AvgIpc) is 2.47. The van der Waals surface area contributed by atoms with E-state index in [-0.39, 0.29) is 24.5 Å². The summed E-state index contributed by atoms with van der Waals surface area (Å²) in [5.41, 5.74) is -0.592. The Morgan fingerprint density at radius 2 is 1.84 bits per heavy atom. The lowest BCUT2D eigenvalue weighted by Crippen LogP contribution is -2.49. The number of carbonyl (C=O) groups is 1. The molecule has 0 aliphatic rings.